The zero-order valence-corrected chi connectivity index (χ0v) is 14.0. The van der Waals surface area contributed by atoms with E-state index >= 15 is 0 Å². The van der Waals surface area contributed by atoms with Crippen molar-refractivity contribution < 1.29 is 9.90 Å². The average Bonchev–Trinajstić information content (AvgIpc) is 3.22. The Balaban J connectivity index is 1.83. The quantitative estimate of drug-likeness (QED) is 0.546. The van der Waals surface area contributed by atoms with Crippen LogP contribution in [0.25, 0.3) is 27.9 Å². The zero-order chi connectivity index (χ0) is 17.2. The van der Waals surface area contributed by atoms with Crippen molar-refractivity contribution in [2.45, 2.75) is 0 Å². The maximum atomic E-state index is 11.8. The van der Waals surface area contributed by atoms with Gasteiger partial charge in [-0.1, -0.05) is 60.7 Å². The van der Waals surface area contributed by atoms with Gasteiger partial charge in [-0.05, 0) is 11.6 Å². The van der Waals surface area contributed by atoms with Crippen LogP contribution in [0, 0.1) is 0 Å². The standard InChI is InChI=1S/C20H14N2O2S/c23-19(24)16(11-14-7-3-1-4-8-14)18-13-25-20-21-17(12-22(18)20)15-9-5-2-6-10-15/h1-13H,(H,23,24). The minimum Gasteiger partial charge on any atom is -0.478 e. The lowest BCUT2D eigenvalue weighted by molar-refractivity contribution is -0.130. The topological polar surface area (TPSA) is 54.6 Å². The molecule has 0 fully saturated rings. The second-order valence-corrected chi connectivity index (χ2v) is 6.38. The second-order valence-electron chi connectivity index (χ2n) is 5.54. The third kappa shape index (κ3) is 2.97. The molecule has 0 aliphatic heterocycles. The number of imidazole rings is 1. The Kier molecular flexibility index (Phi) is 3.91. The van der Waals surface area contributed by atoms with E-state index in [1.54, 1.807) is 6.08 Å². The summed E-state index contributed by atoms with van der Waals surface area (Å²) in [7, 11) is 0. The molecule has 0 spiro atoms. The highest BCUT2D eigenvalue weighted by Gasteiger charge is 2.17. The molecule has 2 aromatic heterocycles. The van der Waals surface area contributed by atoms with Gasteiger partial charge in [-0.25, -0.2) is 9.78 Å². The highest BCUT2D eigenvalue weighted by atomic mass is 32.1. The minimum absolute atomic E-state index is 0.245. The summed E-state index contributed by atoms with van der Waals surface area (Å²) in [5, 5.41) is 11.5. The second kappa shape index (κ2) is 6.37. The number of nitrogens with zero attached hydrogens (tertiary/aromatic N) is 2. The van der Waals surface area contributed by atoms with Crippen LogP contribution in [0.3, 0.4) is 0 Å². The Hall–Kier alpha value is -3.18. The third-order valence-corrected chi connectivity index (χ3v) is 4.74. The highest BCUT2D eigenvalue weighted by Crippen LogP contribution is 2.28. The number of rotatable bonds is 4. The summed E-state index contributed by atoms with van der Waals surface area (Å²) in [5.41, 5.74) is 3.56. The molecule has 0 amide bonds. The Morgan fingerprint density at radius 3 is 2.40 bits per heavy atom. The highest BCUT2D eigenvalue weighted by molar-refractivity contribution is 7.15. The summed E-state index contributed by atoms with van der Waals surface area (Å²) < 4.78 is 1.84. The monoisotopic (exact) mass is 346 g/mol. The van der Waals surface area contributed by atoms with E-state index in [-0.39, 0.29) is 5.57 Å². The molecule has 122 valence electrons. The molecule has 0 radical (unpaired) electrons. The molecule has 0 aliphatic rings. The van der Waals surface area contributed by atoms with Gasteiger partial charge in [-0.15, -0.1) is 11.3 Å². The summed E-state index contributed by atoms with van der Waals surface area (Å²) in [5.74, 6) is -0.960. The number of hydrogen-bond acceptors (Lipinski definition) is 3. The molecule has 25 heavy (non-hydrogen) atoms. The predicted molar refractivity (Wildman–Crippen MR) is 100 cm³/mol. The van der Waals surface area contributed by atoms with E-state index in [0.717, 1.165) is 21.8 Å². The molecule has 2 heterocycles. The van der Waals surface area contributed by atoms with Gasteiger partial charge in [0.05, 0.1) is 17.0 Å². The van der Waals surface area contributed by atoms with Crippen LogP contribution >= 0.6 is 11.3 Å². The molecule has 0 unspecified atom stereocenters. The summed E-state index contributed by atoms with van der Waals surface area (Å²) in [6, 6.07) is 19.3. The molecule has 4 rings (SSSR count). The minimum atomic E-state index is -0.960. The molecule has 5 heteroatoms. The molecule has 0 aliphatic carbocycles. The van der Waals surface area contributed by atoms with Crippen molar-refractivity contribution in [2.75, 3.05) is 0 Å². The van der Waals surface area contributed by atoms with E-state index in [1.165, 1.54) is 11.3 Å². The number of carbonyl (C=O) groups is 1. The number of hydrogen-bond donors (Lipinski definition) is 1. The Labute approximate surface area is 148 Å². The van der Waals surface area contributed by atoms with Gasteiger partial charge in [0, 0.05) is 17.1 Å². The van der Waals surface area contributed by atoms with Crippen LogP contribution in [-0.2, 0) is 4.79 Å². The lowest BCUT2D eigenvalue weighted by Crippen LogP contribution is -2.02. The number of carboxylic acids is 1. The van der Waals surface area contributed by atoms with Crippen LogP contribution in [0.5, 0.6) is 0 Å². The van der Waals surface area contributed by atoms with Gasteiger partial charge in [0.1, 0.15) is 0 Å². The summed E-state index contributed by atoms with van der Waals surface area (Å²) in [6.07, 6.45) is 3.57. The van der Waals surface area contributed by atoms with Gasteiger partial charge in [0.25, 0.3) is 0 Å². The average molecular weight is 346 g/mol. The van der Waals surface area contributed by atoms with E-state index in [1.807, 2.05) is 76.6 Å². The third-order valence-electron chi connectivity index (χ3n) is 3.90. The number of fused-ring (bicyclic) bond motifs is 1. The maximum absolute atomic E-state index is 11.8. The van der Waals surface area contributed by atoms with Crippen LogP contribution in [0.15, 0.2) is 72.2 Å². The van der Waals surface area contributed by atoms with Crippen molar-refractivity contribution in [3.05, 3.63) is 83.5 Å². The first kappa shape index (κ1) is 15.4. The Bertz CT molecular complexity index is 1060. The lowest BCUT2D eigenvalue weighted by Gasteiger charge is -2.02. The van der Waals surface area contributed by atoms with Gasteiger partial charge in [0.15, 0.2) is 4.96 Å². The van der Waals surface area contributed by atoms with Crippen molar-refractivity contribution >= 4 is 33.9 Å². The molecule has 1 N–H and O–H groups in total. The van der Waals surface area contributed by atoms with E-state index in [2.05, 4.69) is 4.98 Å². The number of carboxylic acid groups (broad SMARTS) is 1. The van der Waals surface area contributed by atoms with Gasteiger partial charge >= 0.3 is 5.97 Å². The smallest absolute Gasteiger partial charge is 0.337 e. The summed E-state index contributed by atoms with van der Waals surface area (Å²) >= 11 is 1.43. The molecule has 0 bridgehead atoms. The number of thiazole rings is 1. The largest absolute Gasteiger partial charge is 0.478 e. The maximum Gasteiger partial charge on any atom is 0.337 e. The SMILES string of the molecule is O=C(O)C(=Cc1ccccc1)c1csc2nc(-c3ccccc3)cn12. The molecule has 2 aromatic carbocycles. The summed E-state index contributed by atoms with van der Waals surface area (Å²) in [4.78, 5) is 17.2. The first-order valence-electron chi connectivity index (χ1n) is 7.75. The number of benzene rings is 2. The molecule has 0 atom stereocenters. The van der Waals surface area contributed by atoms with E-state index in [0.29, 0.717) is 5.69 Å². The number of aliphatic carboxylic acids is 1. The van der Waals surface area contributed by atoms with Crippen LogP contribution in [0.4, 0.5) is 0 Å². The van der Waals surface area contributed by atoms with Crippen molar-refractivity contribution in [3.63, 3.8) is 0 Å². The lowest BCUT2D eigenvalue weighted by atomic mass is 10.1. The molecule has 4 nitrogen and oxygen atoms in total. The Morgan fingerprint density at radius 2 is 1.72 bits per heavy atom. The van der Waals surface area contributed by atoms with Crippen molar-refractivity contribution in [1.82, 2.24) is 9.38 Å². The van der Waals surface area contributed by atoms with Crippen LogP contribution in [0.1, 0.15) is 11.3 Å². The number of aromatic nitrogens is 2. The molecular formula is C20H14N2O2S. The molecule has 0 saturated heterocycles. The van der Waals surface area contributed by atoms with Crippen LogP contribution in [0.2, 0.25) is 0 Å². The van der Waals surface area contributed by atoms with Gasteiger partial charge in [-0.3, -0.25) is 4.40 Å². The summed E-state index contributed by atoms with van der Waals surface area (Å²) in [6.45, 7) is 0. The molecular weight excluding hydrogens is 332 g/mol. The molecule has 4 aromatic rings. The van der Waals surface area contributed by atoms with E-state index in [9.17, 15) is 9.90 Å². The first-order chi connectivity index (χ1) is 12.2. The molecule has 0 saturated carbocycles. The van der Waals surface area contributed by atoms with Crippen molar-refractivity contribution in [1.29, 1.82) is 0 Å². The predicted octanol–water partition coefficient (Wildman–Crippen LogP) is 4.69. The normalized spacial score (nSPS) is 11.8. The fraction of sp³-hybridized carbons (Fsp3) is 0. The fourth-order valence-corrected chi connectivity index (χ4v) is 3.56. The van der Waals surface area contributed by atoms with Gasteiger partial charge in [-0.2, -0.15) is 0 Å². The zero-order valence-electron chi connectivity index (χ0n) is 13.2. The van der Waals surface area contributed by atoms with Crippen LogP contribution < -0.4 is 0 Å². The van der Waals surface area contributed by atoms with Gasteiger partial charge in [0.2, 0.25) is 0 Å². The van der Waals surface area contributed by atoms with Crippen molar-refractivity contribution in [3.8, 4) is 11.3 Å². The van der Waals surface area contributed by atoms with Crippen molar-refractivity contribution in [2.24, 2.45) is 0 Å². The van der Waals surface area contributed by atoms with Gasteiger partial charge < -0.3 is 5.11 Å². The van der Waals surface area contributed by atoms with Crippen LogP contribution in [-0.4, -0.2) is 20.5 Å². The first-order valence-corrected chi connectivity index (χ1v) is 8.63. The Morgan fingerprint density at radius 1 is 1.04 bits per heavy atom. The van der Waals surface area contributed by atoms with E-state index in [4.69, 9.17) is 0 Å². The fourth-order valence-electron chi connectivity index (χ4n) is 2.69. The van der Waals surface area contributed by atoms with E-state index < -0.39 is 5.97 Å².